The van der Waals surface area contributed by atoms with Crippen molar-refractivity contribution in [3.05, 3.63) is 58.3 Å². The van der Waals surface area contributed by atoms with Gasteiger partial charge in [0.15, 0.2) is 35.3 Å². The molecule has 8 heteroatoms. The van der Waals surface area contributed by atoms with Crippen molar-refractivity contribution in [1.82, 2.24) is 0 Å². The fourth-order valence-corrected chi connectivity index (χ4v) is 1.65. The van der Waals surface area contributed by atoms with Crippen LogP contribution in [0.1, 0.15) is 21.9 Å². The van der Waals surface area contributed by atoms with E-state index in [1.807, 2.05) is 0 Å². The molecule has 0 fully saturated rings. The smallest absolute Gasteiger partial charge is 0.200 e. The Hall–Kier alpha value is -2.95. The normalized spacial score (nSPS) is 11.4. The average molecular weight is 313 g/mol. The van der Waals surface area contributed by atoms with E-state index in [1.54, 1.807) is 0 Å². The van der Waals surface area contributed by atoms with Gasteiger partial charge in [-0.1, -0.05) is 0 Å². The van der Waals surface area contributed by atoms with Gasteiger partial charge in [-0.2, -0.15) is 5.26 Å². The highest BCUT2D eigenvalue weighted by molar-refractivity contribution is 5.89. The summed E-state index contributed by atoms with van der Waals surface area (Å²) in [4.78, 5) is 10.4. The highest BCUT2D eigenvalue weighted by atomic mass is 19.2. The standard InChI is InChI=1S/C14H4F5NO2/c15-10-9(11(16)13(18)14(19)12(10)17)6(4-20)3-7-1-2-8(5-21)22-7/h1-3,5H/b6-3+. The summed E-state index contributed by atoms with van der Waals surface area (Å²) in [6, 6.07) is 3.72. The van der Waals surface area contributed by atoms with Gasteiger partial charge in [-0.3, -0.25) is 4.79 Å². The Morgan fingerprint density at radius 3 is 1.91 bits per heavy atom. The second-order valence-corrected chi connectivity index (χ2v) is 3.97. The molecule has 1 heterocycles. The van der Waals surface area contributed by atoms with Crippen molar-refractivity contribution in [3.63, 3.8) is 0 Å². The maximum absolute atomic E-state index is 13.6. The molecule has 0 aliphatic rings. The van der Waals surface area contributed by atoms with Gasteiger partial charge in [-0.15, -0.1) is 0 Å². The molecule has 0 radical (unpaired) electrons. The van der Waals surface area contributed by atoms with E-state index >= 15 is 0 Å². The number of carbonyl (C=O) groups excluding carboxylic acids is 1. The van der Waals surface area contributed by atoms with Crippen LogP contribution in [0.4, 0.5) is 22.0 Å². The minimum absolute atomic E-state index is 0.138. The Balaban J connectivity index is 2.67. The molecule has 22 heavy (non-hydrogen) atoms. The first-order chi connectivity index (χ1) is 10.4. The predicted molar refractivity (Wildman–Crippen MR) is 63.8 cm³/mol. The van der Waals surface area contributed by atoms with E-state index in [2.05, 4.69) is 0 Å². The number of benzene rings is 1. The van der Waals surface area contributed by atoms with Crippen molar-refractivity contribution in [2.45, 2.75) is 0 Å². The summed E-state index contributed by atoms with van der Waals surface area (Å²) in [5.74, 6) is -11.2. The van der Waals surface area contributed by atoms with Crippen LogP contribution in [0.3, 0.4) is 0 Å². The number of hydrogen-bond donors (Lipinski definition) is 0. The largest absolute Gasteiger partial charge is 0.454 e. The molecule has 1 aromatic heterocycles. The van der Waals surface area contributed by atoms with Crippen LogP contribution in [-0.4, -0.2) is 6.29 Å². The summed E-state index contributed by atoms with van der Waals surface area (Å²) in [5, 5.41) is 8.90. The summed E-state index contributed by atoms with van der Waals surface area (Å²) in [5.41, 5.74) is -2.22. The molecule has 1 aromatic carbocycles. The van der Waals surface area contributed by atoms with Gasteiger partial charge in [0.05, 0.1) is 11.1 Å². The van der Waals surface area contributed by atoms with Crippen molar-refractivity contribution in [2.24, 2.45) is 0 Å². The lowest BCUT2D eigenvalue weighted by molar-refractivity contribution is 0.110. The lowest BCUT2D eigenvalue weighted by atomic mass is 10.0. The molecule has 2 aromatic rings. The van der Waals surface area contributed by atoms with E-state index in [0.29, 0.717) is 6.29 Å². The molecule has 0 N–H and O–H groups in total. The molecule has 0 saturated carbocycles. The van der Waals surface area contributed by atoms with Gasteiger partial charge < -0.3 is 4.42 Å². The molecule has 112 valence electrons. The van der Waals surface area contributed by atoms with Gasteiger partial charge >= 0.3 is 0 Å². The highest BCUT2D eigenvalue weighted by Crippen LogP contribution is 2.29. The van der Waals surface area contributed by atoms with Crippen molar-refractivity contribution in [2.75, 3.05) is 0 Å². The van der Waals surface area contributed by atoms with Crippen LogP contribution in [0.25, 0.3) is 11.6 Å². The minimum atomic E-state index is -2.32. The monoisotopic (exact) mass is 313 g/mol. The number of halogens is 5. The predicted octanol–water partition coefficient (Wildman–Crippen LogP) is 3.85. The summed E-state index contributed by atoms with van der Waals surface area (Å²) in [6.07, 6.45) is 1.09. The molecule has 2 rings (SSSR count). The SMILES string of the molecule is N#C/C(=C\c1ccc(C=O)o1)c1c(F)c(F)c(F)c(F)c1F. The van der Waals surface area contributed by atoms with E-state index in [9.17, 15) is 26.7 Å². The van der Waals surface area contributed by atoms with Crippen LogP contribution in [-0.2, 0) is 0 Å². The van der Waals surface area contributed by atoms with Crippen LogP contribution < -0.4 is 0 Å². The Morgan fingerprint density at radius 1 is 0.955 bits per heavy atom. The first-order valence-corrected chi connectivity index (χ1v) is 5.59. The lowest BCUT2D eigenvalue weighted by Gasteiger charge is -2.06. The van der Waals surface area contributed by atoms with Crippen molar-refractivity contribution < 1.29 is 31.2 Å². The summed E-state index contributed by atoms with van der Waals surface area (Å²) in [6.45, 7) is 0. The molecular weight excluding hydrogens is 309 g/mol. The molecule has 0 spiro atoms. The second kappa shape index (κ2) is 5.81. The molecule has 0 saturated heterocycles. The van der Waals surface area contributed by atoms with Crippen LogP contribution in [0.5, 0.6) is 0 Å². The van der Waals surface area contributed by atoms with Crippen molar-refractivity contribution >= 4 is 17.9 Å². The Morgan fingerprint density at radius 2 is 1.45 bits per heavy atom. The zero-order chi connectivity index (χ0) is 16.4. The van der Waals surface area contributed by atoms with E-state index in [1.165, 1.54) is 18.2 Å². The summed E-state index contributed by atoms with van der Waals surface area (Å²) < 4.78 is 71.3. The fraction of sp³-hybridized carbons (Fsp3) is 0. The quantitative estimate of drug-likeness (QED) is 0.284. The Kier molecular flexibility index (Phi) is 4.08. The number of carbonyl (C=O) groups is 1. The zero-order valence-corrected chi connectivity index (χ0v) is 10.5. The van der Waals surface area contributed by atoms with Crippen LogP contribution in [0.2, 0.25) is 0 Å². The van der Waals surface area contributed by atoms with Crippen LogP contribution in [0.15, 0.2) is 16.5 Å². The zero-order valence-electron chi connectivity index (χ0n) is 10.5. The third kappa shape index (κ3) is 2.48. The topological polar surface area (TPSA) is 54.0 Å². The lowest BCUT2D eigenvalue weighted by Crippen LogP contribution is -2.06. The van der Waals surface area contributed by atoms with Gasteiger partial charge in [0, 0.05) is 0 Å². The van der Waals surface area contributed by atoms with Gasteiger partial charge in [0.1, 0.15) is 11.8 Å². The second-order valence-electron chi connectivity index (χ2n) is 3.97. The first-order valence-electron chi connectivity index (χ1n) is 5.59. The Bertz CT molecular complexity index is 803. The molecule has 0 aliphatic carbocycles. The first kappa shape index (κ1) is 15.4. The van der Waals surface area contributed by atoms with Gasteiger partial charge in [-0.25, -0.2) is 22.0 Å². The third-order valence-corrected chi connectivity index (χ3v) is 2.65. The summed E-state index contributed by atoms with van der Waals surface area (Å²) >= 11 is 0. The number of furan rings is 1. The minimum Gasteiger partial charge on any atom is -0.454 e. The Labute approximate surface area is 119 Å². The molecule has 0 aliphatic heterocycles. The highest BCUT2D eigenvalue weighted by Gasteiger charge is 2.27. The molecular formula is C14H4F5NO2. The van der Waals surface area contributed by atoms with Gasteiger partial charge in [0.25, 0.3) is 0 Å². The molecule has 0 unspecified atom stereocenters. The van der Waals surface area contributed by atoms with E-state index in [0.717, 1.165) is 6.08 Å². The number of rotatable bonds is 3. The third-order valence-electron chi connectivity index (χ3n) is 2.65. The van der Waals surface area contributed by atoms with Gasteiger partial charge in [0.2, 0.25) is 5.82 Å². The maximum atomic E-state index is 13.6. The maximum Gasteiger partial charge on any atom is 0.200 e. The molecule has 0 atom stereocenters. The number of hydrogen-bond acceptors (Lipinski definition) is 3. The number of nitrogens with zero attached hydrogens (tertiary/aromatic N) is 1. The van der Waals surface area contributed by atoms with Gasteiger partial charge in [-0.05, 0) is 18.2 Å². The number of allylic oxidation sites excluding steroid dienone is 1. The van der Waals surface area contributed by atoms with E-state index < -0.39 is 40.2 Å². The van der Waals surface area contributed by atoms with Crippen LogP contribution in [0, 0.1) is 40.4 Å². The molecule has 0 amide bonds. The average Bonchev–Trinajstić information content (AvgIpc) is 2.97. The van der Waals surface area contributed by atoms with Crippen molar-refractivity contribution in [3.8, 4) is 6.07 Å². The molecule has 0 bridgehead atoms. The fourth-order valence-electron chi connectivity index (χ4n) is 1.65. The van der Waals surface area contributed by atoms with E-state index in [4.69, 9.17) is 9.68 Å². The van der Waals surface area contributed by atoms with E-state index in [-0.39, 0.29) is 11.5 Å². The summed E-state index contributed by atoms with van der Waals surface area (Å²) in [7, 11) is 0. The molecule has 3 nitrogen and oxygen atoms in total. The number of aldehydes is 1. The number of nitriles is 1. The van der Waals surface area contributed by atoms with Crippen molar-refractivity contribution in [1.29, 1.82) is 5.26 Å². The van der Waals surface area contributed by atoms with Crippen LogP contribution >= 0.6 is 0 Å².